The quantitative estimate of drug-likeness (QED) is 0.412. The molecule has 0 radical (unpaired) electrons. The molecule has 0 aromatic carbocycles. The minimum absolute atomic E-state index is 0.0227. The van der Waals surface area contributed by atoms with Crippen LogP contribution < -0.4 is 0 Å². The Kier molecular flexibility index (Phi) is 7.81. The summed E-state index contributed by atoms with van der Waals surface area (Å²) in [6.45, 7) is 9.78. The van der Waals surface area contributed by atoms with Crippen LogP contribution in [0.3, 0.4) is 0 Å². The van der Waals surface area contributed by atoms with Crippen molar-refractivity contribution in [1.82, 2.24) is 0 Å². The van der Waals surface area contributed by atoms with Gasteiger partial charge in [-0.25, -0.2) is 0 Å². The van der Waals surface area contributed by atoms with E-state index in [1.165, 1.54) is 21.0 Å². The van der Waals surface area contributed by atoms with Crippen LogP contribution in [0.15, 0.2) is 0 Å². The number of rotatable bonds is 6. The molecule has 0 amide bonds. The molecule has 7 nitrogen and oxygen atoms in total. The molecule has 0 aliphatic heterocycles. The van der Waals surface area contributed by atoms with Gasteiger partial charge in [-0.3, -0.25) is 14.4 Å². The van der Waals surface area contributed by atoms with E-state index in [0.29, 0.717) is 24.7 Å². The summed E-state index contributed by atoms with van der Waals surface area (Å²) in [5.41, 5.74) is -0.248. The first-order valence-corrected chi connectivity index (χ1v) is 14.0. The highest BCUT2D eigenvalue weighted by Crippen LogP contribution is 2.68. The average Bonchev–Trinajstić information content (AvgIpc) is 3.16. The predicted octanol–water partition coefficient (Wildman–Crippen LogP) is 4.68. The van der Waals surface area contributed by atoms with Crippen LogP contribution in [0, 0.1) is 46.3 Å². The molecule has 4 rings (SSSR count). The van der Waals surface area contributed by atoms with Crippen LogP contribution in [0.5, 0.6) is 0 Å². The molecular formula is C29H46O7. The standard InChI is InChI=1S/C29H46O7/c1-16(7-10-26(33)34-6)21-8-9-22-27-23(15-25(32)29(21,22)5)28(4)12-11-20(35-17(2)30)13-19(28)14-24(27)36-18(3)31/h16,19-25,27,32H,7-15H2,1-6H3/t16-,19-,20+,21-,22+,23-,24+,25-,27+,28+,29-/m0/s1. The van der Waals surface area contributed by atoms with Crippen molar-refractivity contribution in [3.8, 4) is 0 Å². The molecule has 0 spiro atoms. The highest BCUT2D eigenvalue weighted by atomic mass is 16.5. The van der Waals surface area contributed by atoms with Gasteiger partial charge in [-0.1, -0.05) is 20.8 Å². The summed E-state index contributed by atoms with van der Waals surface area (Å²) in [6, 6.07) is 0. The number of fused-ring (bicyclic) bond motifs is 5. The highest BCUT2D eigenvalue weighted by Gasteiger charge is 2.66. The molecule has 36 heavy (non-hydrogen) atoms. The highest BCUT2D eigenvalue weighted by molar-refractivity contribution is 5.69. The second kappa shape index (κ2) is 10.3. The number of methoxy groups -OCH3 is 1. The van der Waals surface area contributed by atoms with Gasteiger partial charge in [0.05, 0.1) is 13.2 Å². The number of carbonyl (C=O) groups excluding carboxylic acids is 3. The Balaban J connectivity index is 1.62. The fourth-order valence-electron chi connectivity index (χ4n) is 9.42. The maximum atomic E-state index is 12.2. The SMILES string of the molecule is COC(=O)CC[C@H](C)[C@@H]1CC[C@@H]2[C@H]3[C@H](OC(C)=O)C[C@@H]4C[C@H](OC(C)=O)CC[C@@]4(C)[C@H]3C[C@H](O)[C@]21C. The molecule has 7 heteroatoms. The van der Waals surface area contributed by atoms with Crippen molar-refractivity contribution in [1.29, 1.82) is 0 Å². The summed E-state index contributed by atoms with van der Waals surface area (Å²) in [5, 5.41) is 11.8. The van der Waals surface area contributed by atoms with Gasteiger partial charge in [-0.2, -0.15) is 0 Å². The number of hydrogen-bond acceptors (Lipinski definition) is 7. The smallest absolute Gasteiger partial charge is 0.305 e. The van der Waals surface area contributed by atoms with Gasteiger partial charge in [-0.15, -0.1) is 0 Å². The molecule has 4 saturated carbocycles. The lowest BCUT2D eigenvalue weighted by Crippen LogP contribution is -2.63. The maximum absolute atomic E-state index is 12.2. The first-order valence-electron chi connectivity index (χ1n) is 14.0. The lowest BCUT2D eigenvalue weighted by atomic mass is 9.43. The number of esters is 3. The Hall–Kier alpha value is -1.63. The molecule has 0 saturated heterocycles. The Bertz CT molecular complexity index is 857. The van der Waals surface area contributed by atoms with E-state index in [0.717, 1.165) is 44.9 Å². The summed E-state index contributed by atoms with van der Waals surface area (Å²) in [4.78, 5) is 35.7. The minimum atomic E-state index is -0.434. The summed E-state index contributed by atoms with van der Waals surface area (Å²) in [5.74, 6) is 0.965. The van der Waals surface area contributed by atoms with Gasteiger partial charge in [-0.05, 0) is 91.8 Å². The van der Waals surface area contributed by atoms with Gasteiger partial charge in [0.1, 0.15) is 12.2 Å². The van der Waals surface area contributed by atoms with Gasteiger partial charge in [0, 0.05) is 26.2 Å². The van der Waals surface area contributed by atoms with E-state index < -0.39 is 6.10 Å². The monoisotopic (exact) mass is 506 g/mol. The van der Waals surface area contributed by atoms with Crippen LogP contribution in [-0.2, 0) is 28.6 Å². The molecule has 0 bridgehead atoms. The van der Waals surface area contributed by atoms with Crippen molar-refractivity contribution in [2.24, 2.45) is 46.3 Å². The van der Waals surface area contributed by atoms with Gasteiger partial charge in [0.15, 0.2) is 0 Å². The first kappa shape index (κ1) is 27.4. The number of ether oxygens (including phenoxy) is 3. The van der Waals surface area contributed by atoms with Crippen molar-refractivity contribution in [3.63, 3.8) is 0 Å². The topological polar surface area (TPSA) is 99.1 Å². The van der Waals surface area contributed by atoms with Crippen LogP contribution in [0.4, 0.5) is 0 Å². The third-order valence-electron chi connectivity index (χ3n) is 11.2. The zero-order valence-corrected chi connectivity index (χ0v) is 23.0. The predicted molar refractivity (Wildman–Crippen MR) is 134 cm³/mol. The largest absolute Gasteiger partial charge is 0.469 e. The van der Waals surface area contributed by atoms with Crippen molar-refractivity contribution < 1.29 is 33.7 Å². The van der Waals surface area contributed by atoms with Gasteiger partial charge in [0.25, 0.3) is 0 Å². The van der Waals surface area contributed by atoms with Crippen LogP contribution in [0.2, 0.25) is 0 Å². The first-order chi connectivity index (χ1) is 16.9. The van der Waals surface area contributed by atoms with Gasteiger partial charge >= 0.3 is 17.9 Å². The molecule has 4 aliphatic rings. The van der Waals surface area contributed by atoms with Crippen LogP contribution in [0.25, 0.3) is 0 Å². The lowest BCUT2D eigenvalue weighted by molar-refractivity contribution is -0.218. The second-order valence-corrected chi connectivity index (χ2v) is 12.8. The summed E-state index contributed by atoms with van der Waals surface area (Å²) in [7, 11) is 1.43. The second-order valence-electron chi connectivity index (χ2n) is 12.8. The third kappa shape index (κ3) is 4.69. The Morgan fingerprint density at radius 3 is 2.31 bits per heavy atom. The fourth-order valence-corrected chi connectivity index (χ4v) is 9.42. The molecule has 0 aromatic heterocycles. The van der Waals surface area contributed by atoms with Crippen molar-refractivity contribution >= 4 is 17.9 Å². The number of aliphatic hydroxyl groups excluding tert-OH is 1. The van der Waals surface area contributed by atoms with Gasteiger partial charge in [0.2, 0.25) is 0 Å². The van der Waals surface area contributed by atoms with Crippen LogP contribution in [-0.4, -0.2) is 48.4 Å². The third-order valence-corrected chi connectivity index (χ3v) is 11.2. The summed E-state index contributed by atoms with van der Waals surface area (Å²) < 4.78 is 16.5. The number of carbonyl (C=O) groups is 3. The fraction of sp³-hybridized carbons (Fsp3) is 0.897. The molecule has 1 N–H and O–H groups in total. The van der Waals surface area contributed by atoms with E-state index in [1.807, 2.05) is 0 Å². The Morgan fingerprint density at radius 2 is 1.67 bits per heavy atom. The minimum Gasteiger partial charge on any atom is -0.469 e. The van der Waals surface area contributed by atoms with Crippen molar-refractivity contribution in [3.05, 3.63) is 0 Å². The lowest BCUT2D eigenvalue weighted by Gasteiger charge is -2.64. The summed E-state index contributed by atoms with van der Waals surface area (Å²) in [6.07, 6.45) is 6.59. The van der Waals surface area contributed by atoms with E-state index in [1.54, 1.807) is 0 Å². The normalized spacial score (nSPS) is 44.4. The molecular weight excluding hydrogens is 460 g/mol. The molecule has 11 atom stereocenters. The molecule has 0 aromatic rings. The molecule has 0 unspecified atom stereocenters. The molecule has 4 aliphatic carbocycles. The Morgan fingerprint density at radius 1 is 0.972 bits per heavy atom. The van der Waals surface area contributed by atoms with Crippen LogP contribution >= 0.6 is 0 Å². The van der Waals surface area contributed by atoms with E-state index >= 15 is 0 Å². The zero-order chi connectivity index (χ0) is 26.4. The number of hydrogen-bond donors (Lipinski definition) is 1. The summed E-state index contributed by atoms with van der Waals surface area (Å²) >= 11 is 0. The van der Waals surface area contributed by atoms with E-state index in [-0.39, 0.29) is 64.6 Å². The molecule has 204 valence electrons. The van der Waals surface area contributed by atoms with Crippen molar-refractivity contribution in [2.75, 3.05) is 7.11 Å². The van der Waals surface area contributed by atoms with Gasteiger partial charge < -0.3 is 19.3 Å². The Labute approximate surface area is 216 Å². The maximum Gasteiger partial charge on any atom is 0.305 e. The zero-order valence-electron chi connectivity index (χ0n) is 23.0. The number of aliphatic hydroxyl groups is 1. The van der Waals surface area contributed by atoms with Crippen molar-refractivity contribution in [2.45, 2.75) is 111 Å². The van der Waals surface area contributed by atoms with E-state index in [4.69, 9.17) is 14.2 Å². The van der Waals surface area contributed by atoms with E-state index in [2.05, 4.69) is 20.8 Å². The molecule has 0 heterocycles. The average molecular weight is 507 g/mol. The van der Waals surface area contributed by atoms with Crippen LogP contribution in [0.1, 0.15) is 92.4 Å². The van der Waals surface area contributed by atoms with E-state index in [9.17, 15) is 19.5 Å². The molecule has 4 fully saturated rings.